The Morgan fingerprint density at radius 1 is 1.45 bits per heavy atom. The smallest absolute Gasteiger partial charge is 0.265 e. The lowest BCUT2D eigenvalue weighted by Gasteiger charge is -2.34. The summed E-state index contributed by atoms with van der Waals surface area (Å²) < 4.78 is 0. The van der Waals surface area contributed by atoms with E-state index in [-0.39, 0.29) is 11.9 Å². The number of hydrogen-bond acceptors (Lipinski definition) is 5. The summed E-state index contributed by atoms with van der Waals surface area (Å²) in [5, 5.41) is 0.853. The van der Waals surface area contributed by atoms with Crippen molar-refractivity contribution in [3.05, 3.63) is 35.6 Å². The molecule has 0 saturated carbocycles. The van der Waals surface area contributed by atoms with E-state index in [9.17, 15) is 4.79 Å². The molecule has 3 heterocycles. The molecule has 3 rings (SSSR count). The van der Waals surface area contributed by atoms with Crippen LogP contribution in [-0.2, 0) is 0 Å². The lowest BCUT2D eigenvalue weighted by atomic mass is 9.92. The van der Waals surface area contributed by atoms with Crippen LogP contribution >= 0.6 is 11.3 Å². The predicted octanol–water partition coefficient (Wildman–Crippen LogP) is 2.40. The van der Waals surface area contributed by atoms with Crippen LogP contribution in [0.15, 0.2) is 30.7 Å². The lowest BCUT2D eigenvalue weighted by Crippen LogP contribution is -2.44. The highest BCUT2D eigenvalue weighted by Crippen LogP contribution is 2.27. The predicted molar refractivity (Wildman–Crippen MR) is 87.6 cm³/mol. The quantitative estimate of drug-likeness (QED) is 0.944. The van der Waals surface area contributed by atoms with Gasteiger partial charge in [0, 0.05) is 37.1 Å². The molecule has 1 saturated heterocycles. The van der Waals surface area contributed by atoms with E-state index in [4.69, 9.17) is 5.73 Å². The second-order valence-electron chi connectivity index (χ2n) is 5.78. The Morgan fingerprint density at radius 3 is 2.95 bits per heavy atom. The number of aromatic nitrogens is 2. The molecule has 0 unspecified atom stereocenters. The minimum atomic E-state index is 0.0724. The SMILES string of the molecule is C[C@@H](N)[C@@H]1CCCN(C(=O)c2cnc(-c3ccncc3)s2)C1. The Balaban J connectivity index is 1.74. The summed E-state index contributed by atoms with van der Waals surface area (Å²) in [7, 11) is 0. The van der Waals surface area contributed by atoms with Crippen LogP contribution in [-0.4, -0.2) is 39.9 Å². The number of hydrogen-bond donors (Lipinski definition) is 1. The Labute approximate surface area is 134 Å². The molecule has 22 heavy (non-hydrogen) atoms. The Bertz CT molecular complexity index is 641. The van der Waals surface area contributed by atoms with Gasteiger partial charge >= 0.3 is 0 Å². The third-order valence-electron chi connectivity index (χ3n) is 4.13. The van der Waals surface area contributed by atoms with Gasteiger partial charge in [0.15, 0.2) is 0 Å². The second kappa shape index (κ2) is 6.54. The molecule has 2 aromatic rings. The van der Waals surface area contributed by atoms with Crippen LogP contribution in [0.2, 0.25) is 0 Å². The Kier molecular flexibility index (Phi) is 4.49. The molecule has 0 spiro atoms. The van der Waals surface area contributed by atoms with Crippen LogP contribution in [0.5, 0.6) is 0 Å². The highest BCUT2D eigenvalue weighted by atomic mass is 32.1. The van der Waals surface area contributed by atoms with Crippen molar-refractivity contribution >= 4 is 17.2 Å². The first kappa shape index (κ1) is 15.1. The van der Waals surface area contributed by atoms with Crippen molar-refractivity contribution in [2.24, 2.45) is 11.7 Å². The number of thiazole rings is 1. The van der Waals surface area contributed by atoms with Crippen LogP contribution in [0.3, 0.4) is 0 Å². The van der Waals surface area contributed by atoms with E-state index < -0.39 is 0 Å². The summed E-state index contributed by atoms with van der Waals surface area (Å²) >= 11 is 1.44. The maximum Gasteiger partial charge on any atom is 0.265 e. The summed E-state index contributed by atoms with van der Waals surface area (Å²) in [5.74, 6) is 0.466. The summed E-state index contributed by atoms with van der Waals surface area (Å²) in [6.07, 6.45) is 7.27. The van der Waals surface area contributed by atoms with Gasteiger partial charge < -0.3 is 10.6 Å². The molecule has 116 valence electrons. The zero-order valence-electron chi connectivity index (χ0n) is 12.6. The first-order valence-electron chi connectivity index (χ1n) is 7.56. The largest absolute Gasteiger partial charge is 0.338 e. The van der Waals surface area contributed by atoms with Gasteiger partial charge in [0.2, 0.25) is 0 Å². The molecule has 1 fully saturated rings. The number of piperidine rings is 1. The topological polar surface area (TPSA) is 72.1 Å². The summed E-state index contributed by atoms with van der Waals surface area (Å²) in [6, 6.07) is 3.93. The number of amides is 1. The number of carbonyl (C=O) groups is 1. The van der Waals surface area contributed by atoms with Crippen molar-refractivity contribution in [2.45, 2.75) is 25.8 Å². The van der Waals surface area contributed by atoms with Crippen molar-refractivity contribution in [1.29, 1.82) is 0 Å². The van der Waals surface area contributed by atoms with Crippen LogP contribution < -0.4 is 5.73 Å². The van der Waals surface area contributed by atoms with Crippen molar-refractivity contribution in [2.75, 3.05) is 13.1 Å². The molecule has 1 aliphatic rings. The van der Waals surface area contributed by atoms with Crippen LogP contribution in [0.4, 0.5) is 0 Å². The Morgan fingerprint density at radius 2 is 2.23 bits per heavy atom. The first-order chi connectivity index (χ1) is 10.6. The molecule has 0 aliphatic carbocycles. The van der Waals surface area contributed by atoms with Gasteiger partial charge in [-0.2, -0.15) is 0 Å². The maximum atomic E-state index is 12.7. The van der Waals surface area contributed by atoms with Crippen LogP contribution in [0.25, 0.3) is 10.6 Å². The second-order valence-corrected chi connectivity index (χ2v) is 6.81. The molecule has 2 atom stereocenters. The lowest BCUT2D eigenvalue weighted by molar-refractivity contribution is 0.0665. The molecule has 0 aromatic carbocycles. The maximum absolute atomic E-state index is 12.7. The fourth-order valence-corrected chi connectivity index (χ4v) is 3.67. The van der Waals surface area contributed by atoms with Crippen molar-refractivity contribution in [1.82, 2.24) is 14.9 Å². The highest BCUT2D eigenvalue weighted by Gasteiger charge is 2.27. The zero-order chi connectivity index (χ0) is 15.5. The van der Waals surface area contributed by atoms with Gasteiger partial charge in [0.1, 0.15) is 9.88 Å². The van der Waals surface area contributed by atoms with E-state index in [1.54, 1.807) is 18.6 Å². The summed E-state index contributed by atoms with van der Waals surface area (Å²) in [6.45, 7) is 3.58. The fourth-order valence-electron chi connectivity index (χ4n) is 2.78. The normalized spacial score (nSPS) is 19.9. The highest BCUT2D eigenvalue weighted by molar-refractivity contribution is 7.16. The third-order valence-corrected chi connectivity index (χ3v) is 5.17. The molecule has 2 N–H and O–H groups in total. The number of rotatable bonds is 3. The summed E-state index contributed by atoms with van der Waals surface area (Å²) in [4.78, 5) is 23.6. The summed E-state index contributed by atoms with van der Waals surface area (Å²) in [5.41, 5.74) is 6.99. The van der Waals surface area contributed by atoms with Gasteiger partial charge in [-0.1, -0.05) is 0 Å². The van der Waals surface area contributed by atoms with Gasteiger partial charge in [-0.25, -0.2) is 4.98 Å². The Hall–Kier alpha value is -1.79. The van der Waals surface area contributed by atoms with E-state index in [1.807, 2.05) is 24.0 Å². The van der Waals surface area contributed by atoms with Gasteiger partial charge in [-0.3, -0.25) is 9.78 Å². The molecule has 2 aromatic heterocycles. The molecular weight excluding hydrogens is 296 g/mol. The molecule has 1 amide bonds. The zero-order valence-corrected chi connectivity index (χ0v) is 13.4. The van der Waals surface area contributed by atoms with Crippen molar-refractivity contribution in [3.63, 3.8) is 0 Å². The van der Waals surface area contributed by atoms with E-state index in [0.29, 0.717) is 10.8 Å². The van der Waals surface area contributed by atoms with Gasteiger partial charge in [-0.05, 0) is 37.8 Å². The molecular formula is C16H20N4OS. The fraction of sp³-hybridized carbons (Fsp3) is 0.438. The van der Waals surface area contributed by atoms with Crippen LogP contribution in [0.1, 0.15) is 29.4 Å². The van der Waals surface area contributed by atoms with Gasteiger partial charge in [0.05, 0.1) is 6.20 Å². The van der Waals surface area contributed by atoms with Gasteiger partial charge in [-0.15, -0.1) is 11.3 Å². The van der Waals surface area contributed by atoms with Crippen molar-refractivity contribution < 1.29 is 4.79 Å². The molecule has 5 nitrogen and oxygen atoms in total. The molecule has 0 bridgehead atoms. The molecule has 0 radical (unpaired) electrons. The van der Waals surface area contributed by atoms with E-state index in [0.717, 1.165) is 36.5 Å². The van der Waals surface area contributed by atoms with E-state index in [2.05, 4.69) is 9.97 Å². The average molecular weight is 316 g/mol. The van der Waals surface area contributed by atoms with Crippen molar-refractivity contribution in [3.8, 4) is 10.6 Å². The first-order valence-corrected chi connectivity index (χ1v) is 8.38. The average Bonchev–Trinajstić information content (AvgIpc) is 3.05. The van der Waals surface area contributed by atoms with E-state index >= 15 is 0 Å². The third kappa shape index (κ3) is 3.18. The molecule has 6 heteroatoms. The number of likely N-dealkylation sites (tertiary alicyclic amines) is 1. The number of nitrogens with zero attached hydrogens (tertiary/aromatic N) is 3. The number of pyridine rings is 1. The minimum absolute atomic E-state index is 0.0724. The monoisotopic (exact) mass is 316 g/mol. The van der Waals surface area contributed by atoms with E-state index in [1.165, 1.54) is 11.3 Å². The van der Waals surface area contributed by atoms with Crippen LogP contribution in [0, 0.1) is 5.92 Å². The number of carbonyl (C=O) groups excluding carboxylic acids is 1. The standard InChI is InChI=1S/C16H20N4OS/c1-11(17)13-3-2-8-20(10-13)16(21)14-9-19-15(22-14)12-4-6-18-7-5-12/h4-7,9,11,13H,2-3,8,10,17H2,1H3/t11-,13-/m1/s1. The van der Waals surface area contributed by atoms with Gasteiger partial charge in [0.25, 0.3) is 5.91 Å². The number of nitrogens with two attached hydrogens (primary N) is 1. The minimum Gasteiger partial charge on any atom is -0.338 e. The molecule has 1 aliphatic heterocycles.